The number of carbonyl (C=O) groups is 1. The fourth-order valence-corrected chi connectivity index (χ4v) is 1.94. The number of methoxy groups -OCH3 is 1. The van der Waals surface area contributed by atoms with Gasteiger partial charge in [-0.1, -0.05) is 13.8 Å². The van der Waals surface area contributed by atoms with Crippen LogP contribution >= 0.6 is 0 Å². The van der Waals surface area contributed by atoms with Crippen molar-refractivity contribution >= 4 is 22.8 Å². The Labute approximate surface area is 112 Å². The van der Waals surface area contributed by atoms with Gasteiger partial charge in [-0.15, -0.1) is 0 Å². The Morgan fingerprint density at radius 2 is 2.26 bits per heavy atom. The Balaban J connectivity index is 2.05. The SMILES string of the molecule is COC(=O)C(CNc1ccc2ncoc2c1)C(C)C. The monoisotopic (exact) mass is 262 g/mol. The van der Waals surface area contributed by atoms with Crippen LogP contribution in [0.25, 0.3) is 11.1 Å². The highest BCUT2D eigenvalue weighted by molar-refractivity contribution is 5.77. The number of rotatable bonds is 5. The average molecular weight is 262 g/mol. The first-order chi connectivity index (χ1) is 9.11. The van der Waals surface area contributed by atoms with Crippen LogP contribution in [0, 0.1) is 11.8 Å². The Hall–Kier alpha value is -2.04. The first-order valence-electron chi connectivity index (χ1n) is 6.26. The van der Waals surface area contributed by atoms with Crippen LogP contribution in [0.1, 0.15) is 13.8 Å². The van der Waals surface area contributed by atoms with E-state index in [4.69, 9.17) is 9.15 Å². The van der Waals surface area contributed by atoms with E-state index in [1.54, 1.807) is 0 Å². The van der Waals surface area contributed by atoms with Gasteiger partial charge in [-0.25, -0.2) is 4.98 Å². The quantitative estimate of drug-likeness (QED) is 0.839. The van der Waals surface area contributed by atoms with Gasteiger partial charge in [0, 0.05) is 18.3 Å². The lowest BCUT2D eigenvalue weighted by Gasteiger charge is -2.19. The van der Waals surface area contributed by atoms with Crippen LogP contribution in [-0.2, 0) is 9.53 Å². The maximum Gasteiger partial charge on any atom is 0.310 e. The lowest BCUT2D eigenvalue weighted by Crippen LogP contribution is -2.28. The molecule has 0 aliphatic rings. The molecule has 1 heterocycles. The summed E-state index contributed by atoms with van der Waals surface area (Å²) in [5.74, 6) is -0.146. The molecule has 0 spiro atoms. The Morgan fingerprint density at radius 1 is 1.47 bits per heavy atom. The molecule has 1 aromatic heterocycles. The second-order valence-corrected chi connectivity index (χ2v) is 4.79. The summed E-state index contributed by atoms with van der Waals surface area (Å²) in [5.41, 5.74) is 2.45. The molecular formula is C14H18N2O3. The fourth-order valence-electron chi connectivity index (χ4n) is 1.94. The van der Waals surface area contributed by atoms with Gasteiger partial charge >= 0.3 is 5.97 Å². The minimum absolute atomic E-state index is 0.171. The molecule has 0 bridgehead atoms. The normalized spacial score (nSPS) is 12.6. The number of anilines is 1. The van der Waals surface area contributed by atoms with Crippen LogP contribution < -0.4 is 5.32 Å². The number of aromatic nitrogens is 1. The van der Waals surface area contributed by atoms with Gasteiger partial charge in [0.05, 0.1) is 13.0 Å². The highest BCUT2D eigenvalue weighted by Crippen LogP contribution is 2.19. The van der Waals surface area contributed by atoms with Crippen molar-refractivity contribution in [3.8, 4) is 0 Å². The highest BCUT2D eigenvalue weighted by Gasteiger charge is 2.22. The van der Waals surface area contributed by atoms with Crippen molar-refractivity contribution < 1.29 is 13.9 Å². The number of hydrogen-bond donors (Lipinski definition) is 1. The number of oxazole rings is 1. The molecular weight excluding hydrogens is 244 g/mol. The second-order valence-electron chi connectivity index (χ2n) is 4.79. The maximum absolute atomic E-state index is 11.7. The predicted octanol–water partition coefficient (Wildman–Crippen LogP) is 2.68. The van der Waals surface area contributed by atoms with Crippen LogP contribution in [0.5, 0.6) is 0 Å². The van der Waals surface area contributed by atoms with E-state index >= 15 is 0 Å². The summed E-state index contributed by atoms with van der Waals surface area (Å²) in [6, 6.07) is 5.67. The molecule has 0 saturated carbocycles. The topological polar surface area (TPSA) is 64.4 Å². The number of nitrogens with zero attached hydrogens (tertiary/aromatic N) is 1. The average Bonchev–Trinajstić information content (AvgIpc) is 2.85. The van der Waals surface area contributed by atoms with Gasteiger partial charge in [0.1, 0.15) is 5.52 Å². The first kappa shape index (κ1) is 13.4. The molecule has 5 nitrogen and oxygen atoms in total. The van der Waals surface area contributed by atoms with Gasteiger partial charge < -0.3 is 14.5 Å². The molecule has 0 aliphatic heterocycles. The Bertz CT molecular complexity index is 563. The molecule has 102 valence electrons. The second kappa shape index (κ2) is 5.73. The molecule has 0 amide bonds. The van der Waals surface area contributed by atoms with E-state index in [0.29, 0.717) is 6.54 Å². The van der Waals surface area contributed by atoms with Crippen molar-refractivity contribution in [3.05, 3.63) is 24.6 Å². The third-order valence-corrected chi connectivity index (χ3v) is 3.17. The minimum Gasteiger partial charge on any atom is -0.469 e. The lowest BCUT2D eigenvalue weighted by molar-refractivity contribution is -0.146. The van der Waals surface area contributed by atoms with Crippen LogP contribution in [-0.4, -0.2) is 24.6 Å². The lowest BCUT2D eigenvalue weighted by atomic mass is 9.96. The van der Waals surface area contributed by atoms with Crippen molar-refractivity contribution in [2.45, 2.75) is 13.8 Å². The molecule has 1 atom stereocenters. The number of esters is 1. The first-order valence-corrected chi connectivity index (χ1v) is 6.26. The van der Waals surface area contributed by atoms with Crippen LogP contribution in [0.3, 0.4) is 0 Å². The zero-order chi connectivity index (χ0) is 13.8. The molecule has 0 fully saturated rings. The van der Waals surface area contributed by atoms with Crippen molar-refractivity contribution in [3.63, 3.8) is 0 Å². The smallest absolute Gasteiger partial charge is 0.310 e. The highest BCUT2D eigenvalue weighted by atomic mass is 16.5. The summed E-state index contributed by atoms with van der Waals surface area (Å²) in [5, 5.41) is 3.23. The standard InChI is InChI=1S/C14H18N2O3/c1-9(2)11(14(17)18-3)7-15-10-4-5-12-13(6-10)19-8-16-12/h4-6,8-9,11,15H,7H2,1-3H3. The molecule has 1 aromatic carbocycles. The minimum atomic E-state index is -0.191. The number of fused-ring (bicyclic) bond motifs is 1. The third-order valence-electron chi connectivity index (χ3n) is 3.17. The summed E-state index contributed by atoms with van der Waals surface area (Å²) in [6.07, 6.45) is 1.42. The largest absolute Gasteiger partial charge is 0.469 e. The van der Waals surface area contributed by atoms with Crippen LogP contribution in [0.4, 0.5) is 5.69 Å². The van der Waals surface area contributed by atoms with E-state index < -0.39 is 0 Å². The maximum atomic E-state index is 11.7. The van der Waals surface area contributed by atoms with E-state index in [-0.39, 0.29) is 17.8 Å². The molecule has 19 heavy (non-hydrogen) atoms. The van der Waals surface area contributed by atoms with E-state index in [1.807, 2.05) is 32.0 Å². The number of carbonyl (C=O) groups excluding carboxylic acids is 1. The summed E-state index contributed by atoms with van der Waals surface area (Å²) in [7, 11) is 1.41. The fraction of sp³-hybridized carbons (Fsp3) is 0.429. The number of benzene rings is 1. The molecule has 0 aliphatic carbocycles. The molecule has 0 saturated heterocycles. The molecule has 5 heteroatoms. The zero-order valence-electron chi connectivity index (χ0n) is 11.3. The Kier molecular flexibility index (Phi) is 4.04. The van der Waals surface area contributed by atoms with Crippen molar-refractivity contribution in [1.82, 2.24) is 4.98 Å². The van der Waals surface area contributed by atoms with Gasteiger partial charge in [-0.2, -0.15) is 0 Å². The van der Waals surface area contributed by atoms with Gasteiger partial charge in [0.15, 0.2) is 12.0 Å². The van der Waals surface area contributed by atoms with Crippen LogP contribution in [0.15, 0.2) is 29.0 Å². The van der Waals surface area contributed by atoms with E-state index in [2.05, 4.69) is 10.3 Å². The number of ether oxygens (including phenoxy) is 1. The molecule has 1 N–H and O–H groups in total. The zero-order valence-corrected chi connectivity index (χ0v) is 11.3. The third kappa shape index (κ3) is 3.05. The van der Waals surface area contributed by atoms with Crippen molar-refractivity contribution in [1.29, 1.82) is 0 Å². The van der Waals surface area contributed by atoms with Crippen molar-refractivity contribution in [2.24, 2.45) is 11.8 Å². The van der Waals surface area contributed by atoms with Gasteiger partial charge in [0.2, 0.25) is 0 Å². The molecule has 1 unspecified atom stereocenters. The number of nitrogens with one attached hydrogen (secondary N) is 1. The van der Waals surface area contributed by atoms with Crippen LogP contribution in [0.2, 0.25) is 0 Å². The van der Waals surface area contributed by atoms with Gasteiger partial charge in [0.25, 0.3) is 0 Å². The van der Waals surface area contributed by atoms with E-state index in [9.17, 15) is 4.79 Å². The predicted molar refractivity (Wildman–Crippen MR) is 72.8 cm³/mol. The summed E-state index contributed by atoms with van der Waals surface area (Å²) in [4.78, 5) is 15.7. The Morgan fingerprint density at radius 3 is 2.95 bits per heavy atom. The van der Waals surface area contributed by atoms with Crippen molar-refractivity contribution in [2.75, 3.05) is 19.0 Å². The van der Waals surface area contributed by atoms with E-state index in [0.717, 1.165) is 16.8 Å². The summed E-state index contributed by atoms with van der Waals surface area (Å²) < 4.78 is 10.1. The molecule has 0 radical (unpaired) electrons. The van der Waals surface area contributed by atoms with Gasteiger partial charge in [-0.3, -0.25) is 4.79 Å². The summed E-state index contributed by atoms with van der Waals surface area (Å²) >= 11 is 0. The molecule has 2 rings (SSSR count). The number of hydrogen-bond acceptors (Lipinski definition) is 5. The molecule has 2 aromatic rings. The van der Waals surface area contributed by atoms with Gasteiger partial charge in [-0.05, 0) is 18.1 Å². The summed E-state index contributed by atoms with van der Waals surface area (Å²) in [6.45, 7) is 4.54. The van der Waals surface area contributed by atoms with E-state index in [1.165, 1.54) is 13.5 Å².